The molecule has 1 saturated heterocycles. The van der Waals surface area contributed by atoms with E-state index in [2.05, 4.69) is 5.32 Å². The maximum absolute atomic E-state index is 12.1. The average Bonchev–Trinajstić information content (AvgIpc) is 3.01. The molecule has 0 spiro atoms. The summed E-state index contributed by atoms with van der Waals surface area (Å²) in [6.07, 6.45) is 1.48. The fourth-order valence-electron chi connectivity index (χ4n) is 2.76. The third-order valence-corrected chi connectivity index (χ3v) is 5.14. The Morgan fingerprint density at radius 3 is 2.80 bits per heavy atom. The van der Waals surface area contributed by atoms with Crippen LogP contribution in [0.2, 0.25) is 5.02 Å². The van der Waals surface area contributed by atoms with Crippen LogP contribution in [0.15, 0.2) is 48.5 Å². The van der Waals surface area contributed by atoms with Gasteiger partial charge < -0.3 is 10.2 Å². The van der Waals surface area contributed by atoms with Crippen LogP contribution in [0.5, 0.6) is 0 Å². The fourth-order valence-corrected chi connectivity index (χ4v) is 3.75. The highest BCUT2D eigenvalue weighted by molar-refractivity contribution is 7.99. The molecule has 0 unspecified atom stereocenters. The Labute approximate surface area is 156 Å². The van der Waals surface area contributed by atoms with E-state index >= 15 is 0 Å². The number of halogens is 1. The zero-order chi connectivity index (χ0) is 17.6. The van der Waals surface area contributed by atoms with Crippen molar-refractivity contribution >= 4 is 46.6 Å². The predicted octanol–water partition coefficient (Wildman–Crippen LogP) is 4.34. The standard InChI is InChI=1S/C19H19ClN2O2S/c20-15-5-1-4-14(10-15)12-25-13-18(23)21-16-6-2-7-17(11-16)22-9-3-8-19(22)24/h1-2,4-7,10-11H,3,8-9,12-13H2,(H,21,23). The molecule has 130 valence electrons. The van der Waals surface area contributed by atoms with Gasteiger partial charge in [-0.2, -0.15) is 0 Å². The summed E-state index contributed by atoms with van der Waals surface area (Å²) in [5.74, 6) is 1.17. The van der Waals surface area contributed by atoms with Gasteiger partial charge in [0.2, 0.25) is 11.8 Å². The van der Waals surface area contributed by atoms with Crippen molar-refractivity contribution in [1.29, 1.82) is 0 Å². The zero-order valence-corrected chi connectivity index (χ0v) is 15.3. The highest BCUT2D eigenvalue weighted by Crippen LogP contribution is 2.24. The summed E-state index contributed by atoms with van der Waals surface area (Å²) in [6, 6.07) is 15.1. The molecular weight excluding hydrogens is 356 g/mol. The summed E-state index contributed by atoms with van der Waals surface area (Å²) in [4.78, 5) is 25.7. The van der Waals surface area contributed by atoms with Gasteiger partial charge in [-0.3, -0.25) is 9.59 Å². The molecule has 0 aliphatic carbocycles. The molecule has 0 aromatic heterocycles. The second kappa shape index (κ2) is 8.41. The number of carbonyl (C=O) groups excluding carboxylic acids is 2. The van der Waals surface area contributed by atoms with Crippen molar-refractivity contribution < 1.29 is 9.59 Å². The predicted molar refractivity (Wildman–Crippen MR) is 104 cm³/mol. The first kappa shape index (κ1) is 17.8. The third-order valence-electron chi connectivity index (χ3n) is 3.91. The minimum absolute atomic E-state index is 0.0584. The van der Waals surface area contributed by atoms with Crippen molar-refractivity contribution in [2.45, 2.75) is 18.6 Å². The van der Waals surface area contributed by atoms with Crippen LogP contribution < -0.4 is 10.2 Å². The number of thioether (sulfide) groups is 1. The van der Waals surface area contributed by atoms with Gasteiger partial charge in [0.15, 0.2) is 0 Å². The van der Waals surface area contributed by atoms with Gasteiger partial charge in [0.05, 0.1) is 5.75 Å². The number of hydrogen-bond donors (Lipinski definition) is 1. The minimum atomic E-state index is -0.0584. The van der Waals surface area contributed by atoms with E-state index in [9.17, 15) is 9.59 Å². The van der Waals surface area contributed by atoms with Crippen molar-refractivity contribution in [2.24, 2.45) is 0 Å². The second-order valence-electron chi connectivity index (χ2n) is 5.87. The Morgan fingerprint density at radius 1 is 1.20 bits per heavy atom. The van der Waals surface area contributed by atoms with Gasteiger partial charge in [-0.25, -0.2) is 0 Å². The number of rotatable bonds is 6. The topological polar surface area (TPSA) is 49.4 Å². The van der Waals surface area contributed by atoms with Crippen LogP contribution in [0.3, 0.4) is 0 Å². The summed E-state index contributed by atoms with van der Waals surface area (Å²) >= 11 is 7.49. The van der Waals surface area contributed by atoms with Crippen LogP contribution in [-0.2, 0) is 15.3 Å². The molecule has 4 nitrogen and oxygen atoms in total. The van der Waals surface area contributed by atoms with E-state index < -0.39 is 0 Å². The molecule has 3 rings (SSSR count). The van der Waals surface area contributed by atoms with Gasteiger partial charge in [-0.05, 0) is 42.3 Å². The Bertz CT molecular complexity index is 782. The van der Waals surface area contributed by atoms with Gasteiger partial charge >= 0.3 is 0 Å². The van der Waals surface area contributed by atoms with Gasteiger partial charge in [0.25, 0.3) is 0 Å². The molecule has 25 heavy (non-hydrogen) atoms. The lowest BCUT2D eigenvalue weighted by Crippen LogP contribution is -2.23. The van der Waals surface area contributed by atoms with Crippen LogP contribution in [0.25, 0.3) is 0 Å². The van der Waals surface area contributed by atoms with Gasteiger partial charge in [-0.15, -0.1) is 11.8 Å². The monoisotopic (exact) mass is 374 g/mol. The average molecular weight is 375 g/mol. The Balaban J connectivity index is 1.51. The smallest absolute Gasteiger partial charge is 0.234 e. The van der Waals surface area contributed by atoms with Crippen LogP contribution >= 0.6 is 23.4 Å². The van der Waals surface area contributed by atoms with Crippen molar-refractivity contribution in [3.05, 3.63) is 59.1 Å². The quantitative estimate of drug-likeness (QED) is 0.818. The molecule has 0 atom stereocenters. The Kier molecular flexibility index (Phi) is 6.00. The first-order valence-corrected chi connectivity index (χ1v) is 9.67. The lowest BCUT2D eigenvalue weighted by Gasteiger charge is -2.16. The van der Waals surface area contributed by atoms with E-state index in [1.54, 1.807) is 4.90 Å². The molecule has 0 saturated carbocycles. The molecule has 1 fully saturated rings. The molecule has 1 N–H and O–H groups in total. The van der Waals surface area contributed by atoms with E-state index in [1.807, 2.05) is 48.5 Å². The molecule has 1 aliphatic rings. The highest BCUT2D eigenvalue weighted by Gasteiger charge is 2.21. The first-order valence-electron chi connectivity index (χ1n) is 8.14. The van der Waals surface area contributed by atoms with Crippen LogP contribution in [0, 0.1) is 0 Å². The Hall–Kier alpha value is -1.98. The highest BCUT2D eigenvalue weighted by atomic mass is 35.5. The molecule has 1 aliphatic heterocycles. The van der Waals surface area contributed by atoms with E-state index in [0.29, 0.717) is 22.9 Å². The number of benzene rings is 2. The Morgan fingerprint density at radius 2 is 2.04 bits per heavy atom. The van der Waals surface area contributed by atoms with E-state index in [1.165, 1.54) is 11.8 Å². The van der Waals surface area contributed by atoms with Crippen molar-refractivity contribution in [3.63, 3.8) is 0 Å². The minimum Gasteiger partial charge on any atom is -0.325 e. The van der Waals surface area contributed by atoms with Gasteiger partial charge in [0, 0.05) is 35.1 Å². The van der Waals surface area contributed by atoms with E-state index in [4.69, 9.17) is 11.6 Å². The lowest BCUT2D eigenvalue weighted by molar-refractivity contribution is -0.117. The molecule has 6 heteroatoms. The summed E-state index contributed by atoms with van der Waals surface area (Å²) in [5, 5.41) is 3.60. The van der Waals surface area contributed by atoms with Gasteiger partial charge in [-0.1, -0.05) is 29.8 Å². The van der Waals surface area contributed by atoms with E-state index in [0.717, 1.165) is 30.0 Å². The molecule has 0 bridgehead atoms. The second-order valence-corrected chi connectivity index (χ2v) is 7.29. The number of carbonyl (C=O) groups is 2. The number of anilines is 2. The number of nitrogens with zero attached hydrogens (tertiary/aromatic N) is 1. The molecule has 2 aromatic carbocycles. The van der Waals surface area contributed by atoms with E-state index in [-0.39, 0.29) is 11.8 Å². The van der Waals surface area contributed by atoms with Crippen molar-refractivity contribution in [2.75, 3.05) is 22.5 Å². The first-order chi connectivity index (χ1) is 12.1. The SMILES string of the molecule is O=C(CSCc1cccc(Cl)c1)Nc1cccc(N2CCCC2=O)c1. The molecular formula is C19H19ClN2O2S. The zero-order valence-electron chi connectivity index (χ0n) is 13.7. The number of amides is 2. The fraction of sp³-hybridized carbons (Fsp3) is 0.263. The summed E-state index contributed by atoms with van der Waals surface area (Å²) < 4.78 is 0. The lowest BCUT2D eigenvalue weighted by atomic mass is 10.2. The maximum Gasteiger partial charge on any atom is 0.234 e. The molecule has 1 heterocycles. The number of nitrogens with one attached hydrogen (secondary N) is 1. The van der Waals surface area contributed by atoms with Crippen LogP contribution in [0.4, 0.5) is 11.4 Å². The van der Waals surface area contributed by atoms with Crippen molar-refractivity contribution in [1.82, 2.24) is 0 Å². The summed E-state index contributed by atoms with van der Waals surface area (Å²) in [6.45, 7) is 0.742. The molecule has 2 aromatic rings. The third kappa shape index (κ3) is 5.00. The summed E-state index contributed by atoms with van der Waals surface area (Å²) in [7, 11) is 0. The molecule has 2 amide bonds. The van der Waals surface area contributed by atoms with Crippen LogP contribution in [-0.4, -0.2) is 24.1 Å². The largest absolute Gasteiger partial charge is 0.325 e. The molecule has 0 radical (unpaired) electrons. The van der Waals surface area contributed by atoms with Crippen molar-refractivity contribution in [3.8, 4) is 0 Å². The number of hydrogen-bond acceptors (Lipinski definition) is 3. The van der Waals surface area contributed by atoms with Crippen LogP contribution in [0.1, 0.15) is 18.4 Å². The summed E-state index contributed by atoms with van der Waals surface area (Å²) in [5.41, 5.74) is 2.65. The maximum atomic E-state index is 12.1. The van der Waals surface area contributed by atoms with Gasteiger partial charge in [0.1, 0.15) is 0 Å². The normalized spacial score (nSPS) is 14.0.